The molecular weight excluding hydrogens is 527 g/mol. The van der Waals surface area contributed by atoms with E-state index in [0.717, 1.165) is 23.1 Å². The van der Waals surface area contributed by atoms with Crippen molar-refractivity contribution in [2.75, 3.05) is 31.1 Å². The fraction of sp³-hybridized carbons (Fsp3) is 0.241. The molecule has 4 aromatic rings. The number of fused-ring (bicyclic) bond motifs is 1. The number of carbonyl (C=O) groups excluding carboxylic acids is 1. The zero-order chi connectivity index (χ0) is 27.8. The molecule has 1 aliphatic heterocycles. The van der Waals surface area contributed by atoms with Gasteiger partial charge in [0.1, 0.15) is 0 Å². The van der Waals surface area contributed by atoms with E-state index in [-0.39, 0.29) is 16.6 Å². The van der Waals surface area contributed by atoms with E-state index < -0.39 is 21.6 Å². The van der Waals surface area contributed by atoms with Gasteiger partial charge in [0.2, 0.25) is 0 Å². The van der Waals surface area contributed by atoms with Crippen molar-refractivity contribution < 1.29 is 26.4 Å². The van der Waals surface area contributed by atoms with Gasteiger partial charge in [0, 0.05) is 49.0 Å². The number of pyridine rings is 1. The normalized spacial score (nSPS) is 14.6. The second-order valence-corrected chi connectivity index (χ2v) is 11.5. The van der Waals surface area contributed by atoms with Gasteiger partial charge in [-0.25, -0.2) is 8.42 Å². The zero-order valence-corrected chi connectivity index (χ0v) is 22.0. The van der Waals surface area contributed by atoms with Crippen LogP contribution >= 0.6 is 0 Å². The van der Waals surface area contributed by atoms with E-state index in [1.54, 1.807) is 60.5 Å². The van der Waals surface area contributed by atoms with E-state index in [2.05, 4.69) is 4.98 Å². The van der Waals surface area contributed by atoms with E-state index >= 15 is 0 Å². The van der Waals surface area contributed by atoms with Crippen LogP contribution in [0.15, 0.2) is 83.9 Å². The Morgan fingerprint density at radius 3 is 2.31 bits per heavy atom. The Morgan fingerprint density at radius 1 is 0.923 bits per heavy atom. The molecule has 0 atom stereocenters. The Hall–Kier alpha value is -3.92. The van der Waals surface area contributed by atoms with Crippen molar-refractivity contribution >= 4 is 32.3 Å². The second kappa shape index (κ2) is 10.3. The monoisotopic (exact) mass is 553 g/mol. The summed E-state index contributed by atoms with van der Waals surface area (Å²) < 4.78 is 65.8. The molecule has 1 aliphatic rings. The first kappa shape index (κ1) is 26.7. The highest BCUT2D eigenvalue weighted by molar-refractivity contribution is 7.90. The number of sulfone groups is 1. The van der Waals surface area contributed by atoms with Crippen LogP contribution in [0.25, 0.3) is 10.9 Å². The van der Waals surface area contributed by atoms with Crippen molar-refractivity contribution in [3.8, 4) is 0 Å². The fourth-order valence-electron chi connectivity index (χ4n) is 4.83. The molecule has 202 valence electrons. The molecule has 0 N–H and O–H groups in total. The molecule has 0 unspecified atom stereocenters. The lowest BCUT2D eigenvalue weighted by Gasteiger charge is -2.37. The van der Waals surface area contributed by atoms with E-state index in [4.69, 9.17) is 0 Å². The van der Waals surface area contributed by atoms with Gasteiger partial charge in [0.15, 0.2) is 9.84 Å². The number of para-hydroxylation sites is 1. The lowest BCUT2D eigenvalue weighted by molar-refractivity contribution is -0.137. The Balaban J connectivity index is 1.25. The van der Waals surface area contributed by atoms with Crippen LogP contribution in [0, 0.1) is 6.92 Å². The highest BCUT2D eigenvalue weighted by atomic mass is 32.2. The molecule has 1 aromatic heterocycles. The van der Waals surface area contributed by atoms with Crippen molar-refractivity contribution in [1.82, 2.24) is 9.88 Å². The first-order chi connectivity index (χ1) is 18.5. The lowest BCUT2D eigenvalue weighted by atomic mass is 10.1. The number of piperazine rings is 1. The predicted octanol–water partition coefficient (Wildman–Crippen LogP) is 5.50. The average Bonchev–Trinajstić information content (AvgIpc) is 2.92. The molecule has 3 aromatic carbocycles. The topological polar surface area (TPSA) is 70.6 Å². The molecule has 39 heavy (non-hydrogen) atoms. The number of hydrogen-bond donors (Lipinski definition) is 0. The maximum Gasteiger partial charge on any atom is 0.416 e. The van der Waals surface area contributed by atoms with Gasteiger partial charge >= 0.3 is 6.18 Å². The highest BCUT2D eigenvalue weighted by Gasteiger charge is 2.32. The largest absolute Gasteiger partial charge is 0.416 e. The summed E-state index contributed by atoms with van der Waals surface area (Å²) in [5, 5.41) is 0.739. The van der Waals surface area contributed by atoms with Crippen molar-refractivity contribution in [3.05, 3.63) is 101 Å². The summed E-state index contributed by atoms with van der Waals surface area (Å²) in [6, 6.07) is 18.8. The van der Waals surface area contributed by atoms with E-state index in [1.165, 1.54) is 6.07 Å². The third-order valence-electron chi connectivity index (χ3n) is 6.93. The third-order valence-corrected chi connectivity index (χ3v) is 8.65. The summed E-state index contributed by atoms with van der Waals surface area (Å²) >= 11 is 0. The van der Waals surface area contributed by atoms with Gasteiger partial charge in [-0.05, 0) is 54.4 Å². The summed E-state index contributed by atoms with van der Waals surface area (Å²) in [4.78, 5) is 21.0. The first-order valence-electron chi connectivity index (χ1n) is 12.4. The maximum atomic E-state index is 13.2. The van der Waals surface area contributed by atoms with Gasteiger partial charge in [0.25, 0.3) is 5.91 Å². The van der Waals surface area contributed by atoms with Crippen molar-refractivity contribution in [2.24, 2.45) is 0 Å². The summed E-state index contributed by atoms with van der Waals surface area (Å²) in [7, 11) is -3.68. The highest BCUT2D eigenvalue weighted by Crippen LogP contribution is 2.34. The molecule has 1 fully saturated rings. The third kappa shape index (κ3) is 5.61. The predicted molar refractivity (Wildman–Crippen MR) is 143 cm³/mol. The van der Waals surface area contributed by atoms with Gasteiger partial charge < -0.3 is 9.80 Å². The number of carbonyl (C=O) groups is 1. The van der Waals surface area contributed by atoms with Gasteiger partial charge in [0.05, 0.1) is 21.7 Å². The van der Waals surface area contributed by atoms with Gasteiger partial charge in [-0.2, -0.15) is 13.2 Å². The Kier molecular flexibility index (Phi) is 7.07. The Labute approximate surface area is 224 Å². The SMILES string of the molecule is Cc1ccc(C(F)(F)F)cc1N1CCN(C(=O)c2ccc(CS(=O)(=O)c3cccc4cccnc34)cc2)CC1. The number of rotatable bonds is 5. The average molecular weight is 554 g/mol. The number of alkyl halides is 3. The second-order valence-electron chi connectivity index (χ2n) is 9.57. The first-order valence-corrected chi connectivity index (χ1v) is 14.1. The van der Waals surface area contributed by atoms with Crippen LogP contribution in [0.3, 0.4) is 0 Å². The summed E-state index contributed by atoms with van der Waals surface area (Å²) in [5.41, 5.74) is 1.96. The molecule has 0 spiro atoms. The quantitative estimate of drug-likeness (QED) is 0.327. The van der Waals surface area contributed by atoms with Crippen LogP contribution < -0.4 is 4.90 Å². The number of benzene rings is 3. The molecule has 6 nitrogen and oxygen atoms in total. The summed E-state index contributed by atoms with van der Waals surface area (Å²) in [5.74, 6) is -0.435. The number of anilines is 1. The molecule has 0 saturated carbocycles. The molecule has 10 heteroatoms. The van der Waals surface area contributed by atoms with Gasteiger partial charge in [-0.1, -0.05) is 36.4 Å². The minimum Gasteiger partial charge on any atom is -0.368 e. The number of amides is 1. The van der Waals surface area contributed by atoms with Crippen LogP contribution in [-0.2, 0) is 21.8 Å². The molecule has 1 amide bonds. The number of halogens is 3. The molecule has 2 heterocycles. The molecule has 0 radical (unpaired) electrons. The van der Waals surface area contributed by atoms with E-state index in [1.807, 2.05) is 17.0 Å². The minimum atomic E-state index is -4.42. The number of aryl methyl sites for hydroxylation is 1. The van der Waals surface area contributed by atoms with Gasteiger partial charge in [-0.15, -0.1) is 0 Å². The summed E-state index contributed by atoms with van der Waals surface area (Å²) in [6.45, 7) is 3.30. The molecule has 1 saturated heterocycles. The molecular formula is C29H26F3N3O3S. The Morgan fingerprint density at radius 2 is 1.62 bits per heavy atom. The van der Waals surface area contributed by atoms with Crippen molar-refractivity contribution in [1.29, 1.82) is 0 Å². The fourth-order valence-corrected chi connectivity index (χ4v) is 6.37. The van der Waals surface area contributed by atoms with Crippen LogP contribution in [0.5, 0.6) is 0 Å². The van der Waals surface area contributed by atoms with Gasteiger partial charge in [-0.3, -0.25) is 9.78 Å². The van der Waals surface area contributed by atoms with Crippen LogP contribution in [0.2, 0.25) is 0 Å². The smallest absolute Gasteiger partial charge is 0.368 e. The van der Waals surface area contributed by atoms with Crippen LogP contribution in [0.1, 0.15) is 27.0 Å². The molecule has 5 rings (SSSR count). The lowest BCUT2D eigenvalue weighted by Crippen LogP contribution is -2.49. The standard InChI is InChI=1S/C29H26F3N3O3S/c1-20-7-12-24(29(30,31)32)18-25(20)34-14-16-35(17-15-34)28(36)23-10-8-21(9-11-23)19-39(37,38)26-6-2-4-22-5-3-13-33-27(22)26/h2-13,18H,14-17,19H2,1H3. The Bertz CT molecular complexity index is 1620. The zero-order valence-electron chi connectivity index (χ0n) is 21.1. The maximum absolute atomic E-state index is 13.2. The van der Waals surface area contributed by atoms with E-state index in [0.29, 0.717) is 48.5 Å². The van der Waals surface area contributed by atoms with Crippen LogP contribution in [-0.4, -0.2) is 50.4 Å². The number of hydrogen-bond acceptors (Lipinski definition) is 5. The van der Waals surface area contributed by atoms with Crippen molar-refractivity contribution in [2.45, 2.75) is 23.7 Å². The van der Waals surface area contributed by atoms with E-state index in [9.17, 15) is 26.4 Å². The summed E-state index contributed by atoms with van der Waals surface area (Å²) in [6.07, 6.45) is -2.86. The minimum absolute atomic E-state index is 0.162. The molecule has 0 aliphatic carbocycles. The number of nitrogens with zero attached hydrogens (tertiary/aromatic N) is 3. The molecule has 0 bridgehead atoms. The van der Waals surface area contributed by atoms with Crippen LogP contribution in [0.4, 0.5) is 18.9 Å². The number of aromatic nitrogens is 1. The van der Waals surface area contributed by atoms with Crippen molar-refractivity contribution in [3.63, 3.8) is 0 Å².